The summed E-state index contributed by atoms with van der Waals surface area (Å²) in [6.07, 6.45) is 9.17. The first-order valence-electron chi connectivity index (χ1n) is 10.8. The van der Waals surface area contributed by atoms with Crippen LogP contribution >= 0.6 is 22.7 Å². The maximum atomic E-state index is 13.1. The zero-order valence-corrected chi connectivity index (χ0v) is 18.6. The Morgan fingerprint density at radius 3 is 2.83 bits per heavy atom. The van der Waals surface area contributed by atoms with Crippen LogP contribution in [0.2, 0.25) is 0 Å². The van der Waals surface area contributed by atoms with Gasteiger partial charge in [-0.25, -0.2) is 4.98 Å². The second-order valence-corrected chi connectivity index (χ2v) is 10.2. The van der Waals surface area contributed by atoms with Gasteiger partial charge in [-0.15, -0.1) is 11.3 Å². The highest BCUT2D eigenvalue weighted by Crippen LogP contribution is 2.35. The summed E-state index contributed by atoms with van der Waals surface area (Å²) >= 11 is 2.93. The fraction of sp³-hybridized carbons (Fsp3) is 0.591. The molecule has 156 valence electrons. The first-order chi connectivity index (χ1) is 14.1. The average molecular weight is 432 g/mol. The number of nitrogens with zero attached hydrogens (tertiary/aromatic N) is 2. The zero-order chi connectivity index (χ0) is 20.2. The van der Waals surface area contributed by atoms with E-state index in [1.54, 1.807) is 0 Å². The van der Waals surface area contributed by atoms with Gasteiger partial charge in [-0.2, -0.15) is 0 Å². The lowest BCUT2D eigenvalue weighted by Crippen LogP contribution is -2.40. The second kappa shape index (κ2) is 9.39. The summed E-state index contributed by atoms with van der Waals surface area (Å²) < 4.78 is 0. The summed E-state index contributed by atoms with van der Waals surface area (Å²) in [5, 5.41) is 5.44. The van der Waals surface area contributed by atoms with Crippen molar-refractivity contribution in [3.63, 3.8) is 0 Å². The van der Waals surface area contributed by atoms with Crippen molar-refractivity contribution < 1.29 is 9.59 Å². The highest BCUT2D eigenvalue weighted by Gasteiger charge is 2.32. The number of carbonyl (C=O) groups excluding carboxylic acids is 2. The van der Waals surface area contributed by atoms with E-state index in [-0.39, 0.29) is 11.8 Å². The minimum absolute atomic E-state index is 0.112. The Morgan fingerprint density at radius 2 is 2.10 bits per heavy atom. The Hall–Kier alpha value is -1.73. The number of amides is 2. The molecular weight excluding hydrogens is 402 g/mol. The molecule has 2 aromatic rings. The Labute approximate surface area is 180 Å². The third kappa shape index (κ3) is 4.89. The topological polar surface area (TPSA) is 62.3 Å². The number of hydrogen-bond acceptors (Lipinski definition) is 5. The van der Waals surface area contributed by atoms with Crippen LogP contribution in [0.4, 0.5) is 5.13 Å². The molecule has 0 atom stereocenters. The highest BCUT2D eigenvalue weighted by molar-refractivity contribution is 7.16. The number of hydrogen-bond donors (Lipinski definition) is 1. The van der Waals surface area contributed by atoms with Crippen LogP contribution in [0.5, 0.6) is 0 Å². The number of thiazole rings is 1. The third-order valence-electron chi connectivity index (χ3n) is 6.17. The predicted octanol–water partition coefficient (Wildman–Crippen LogP) is 5.34. The van der Waals surface area contributed by atoms with Crippen LogP contribution in [0.1, 0.15) is 72.1 Å². The molecule has 0 aromatic carbocycles. The summed E-state index contributed by atoms with van der Waals surface area (Å²) in [6, 6.07) is 3.68. The van der Waals surface area contributed by atoms with E-state index in [0.29, 0.717) is 22.5 Å². The molecule has 2 aliphatic rings. The van der Waals surface area contributed by atoms with Gasteiger partial charge in [-0.3, -0.25) is 14.9 Å². The minimum Gasteiger partial charge on any atom is -0.337 e. The standard InChI is InChI=1S/C22H29N3O2S2/c1-2-3-5-15-7-9-16(10-8-15)21(27)25-12-11-17-19(14-25)29-22(23-17)24-20(26)18-6-4-13-28-18/h4,6,13,15-16H,2-3,5,7-12,14H2,1H3,(H,23,24,26). The molecule has 7 heteroatoms. The van der Waals surface area contributed by atoms with Crippen LogP contribution in [0.15, 0.2) is 17.5 Å². The van der Waals surface area contributed by atoms with Crippen molar-refractivity contribution in [3.05, 3.63) is 33.0 Å². The van der Waals surface area contributed by atoms with Gasteiger partial charge in [0.2, 0.25) is 5.91 Å². The van der Waals surface area contributed by atoms with E-state index in [9.17, 15) is 9.59 Å². The summed E-state index contributed by atoms with van der Waals surface area (Å²) in [7, 11) is 0. The highest BCUT2D eigenvalue weighted by atomic mass is 32.1. The Kier molecular flexibility index (Phi) is 6.65. The van der Waals surface area contributed by atoms with Crippen LogP contribution < -0.4 is 5.32 Å². The second-order valence-electron chi connectivity index (χ2n) is 8.19. The molecule has 2 aromatic heterocycles. The lowest BCUT2D eigenvalue weighted by Gasteiger charge is -2.33. The molecule has 3 heterocycles. The van der Waals surface area contributed by atoms with Gasteiger partial charge >= 0.3 is 0 Å². The van der Waals surface area contributed by atoms with Gasteiger partial charge in [-0.1, -0.05) is 43.6 Å². The maximum Gasteiger partial charge on any atom is 0.267 e. The van der Waals surface area contributed by atoms with Gasteiger partial charge in [0.1, 0.15) is 0 Å². The summed E-state index contributed by atoms with van der Waals surface area (Å²) in [5.41, 5.74) is 1.03. The van der Waals surface area contributed by atoms with Crippen LogP contribution in [0, 0.1) is 11.8 Å². The van der Waals surface area contributed by atoms with Crippen LogP contribution in [0.25, 0.3) is 0 Å². The lowest BCUT2D eigenvalue weighted by atomic mass is 9.79. The molecule has 1 saturated carbocycles. The summed E-state index contributed by atoms with van der Waals surface area (Å²) in [6.45, 7) is 3.62. The van der Waals surface area contributed by atoms with Gasteiger partial charge in [0, 0.05) is 23.8 Å². The summed E-state index contributed by atoms with van der Waals surface area (Å²) in [5.74, 6) is 1.23. The molecule has 0 unspecified atom stereocenters. The molecule has 5 nitrogen and oxygen atoms in total. The zero-order valence-electron chi connectivity index (χ0n) is 17.0. The van der Waals surface area contributed by atoms with Crippen molar-refractivity contribution in [1.29, 1.82) is 0 Å². The van der Waals surface area contributed by atoms with E-state index in [4.69, 9.17) is 0 Å². The number of fused-ring (bicyclic) bond motifs is 1. The largest absolute Gasteiger partial charge is 0.337 e. The molecule has 1 fully saturated rings. The number of rotatable bonds is 6. The fourth-order valence-electron chi connectivity index (χ4n) is 4.45. The number of anilines is 1. The first-order valence-corrected chi connectivity index (χ1v) is 12.5. The van der Waals surface area contributed by atoms with E-state index in [1.807, 2.05) is 22.4 Å². The Bertz CT molecular complexity index is 838. The van der Waals surface area contributed by atoms with Crippen molar-refractivity contribution in [2.75, 3.05) is 11.9 Å². The van der Waals surface area contributed by atoms with Gasteiger partial charge < -0.3 is 4.90 Å². The van der Waals surface area contributed by atoms with Crippen LogP contribution in [-0.4, -0.2) is 28.2 Å². The van der Waals surface area contributed by atoms with Crippen molar-refractivity contribution in [3.8, 4) is 0 Å². The molecule has 2 amide bonds. The normalized spacial score (nSPS) is 21.6. The molecule has 1 aliphatic carbocycles. The number of thiophene rings is 1. The van der Waals surface area contributed by atoms with Crippen LogP contribution in [0.3, 0.4) is 0 Å². The molecular formula is C22H29N3O2S2. The number of aromatic nitrogens is 1. The monoisotopic (exact) mass is 431 g/mol. The molecule has 1 aliphatic heterocycles. The number of unbranched alkanes of at least 4 members (excludes halogenated alkanes) is 1. The summed E-state index contributed by atoms with van der Waals surface area (Å²) in [4.78, 5) is 33.7. The molecule has 4 rings (SSSR count). The van der Waals surface area contributed by atoms with E-state index in [2.05, 4.69) is 17.2 Å². The number of carbonyl (C=O) groups is 2. The third-order valence-corrected chi connectivity index (χ3v) is 8.04. The first kappa shape index (κ1) is 20.5. The number of nitrogens with one attached hydrogen (secondary N) is 1. The molecule has 1 N–H and O–H groups in total. The minimum atomic E-state index is -0.112. The molecule has 0 radical (unpaired) electrons. The quantitative estimate of drug-likeness (QED) is 0.672. The Balaban J connectivity index is 1.32. The average Bonchev–Trinajstić information content (AvgIpc) is 3.41. The van der Waals surface area contributed by atoms with Crippen molar-refractivity contribution in [2.24, 2.45) is 11.8 Å². The van der Waals surface area contributed by atoms with Crippen LogP contribution in [-0.2, 0) is 17.8 Å². The molecule has 29 heavy (non-hydrogen) atoms. The molecule has 0 bridgehead atoms. The van der Waals surface area contributed by atoms with E-state index in [0.717, 1.165) is 42.3 Å². The molecule has 0 spiro atoms. The lowest BCUT2D eigenvalue weighted by molar-refractivity contribution is -0.137. The van der Waals surface area contributed by atoms with Gasteiger partial charge in [0.05, 0.1) is 17.1 Å². The van der Waals surface area contributed by atoms with Crippen molar-refractivity contribution in [1.82, 2.24) is 9.88 Å². The SMILES string of the molecule is CCCCC1CCC(C(=O)N2CCc3nc(NC(=O)c4cccs4)sc3C2)CC1. The van der Waals surface area contributed by atoms with Gasteiger partial charge in [-0.05, 0) is 43.0 Å². The van der Waals surface area contributed by atoms with Gasteiger partial charge in [0.15, 0.2) is 5.13 Å². The molecule has 0 saturated heterocycles. The van der Waals surface area contributed by atoms with Gasteiger partial charge in [0.25, 0.3) is 5.91 Å². The van der Waals surface area contributed by atoms with E-state index in [1.165, 1.54) is 54.8 Å². The van der Waals surface area contributed by atoms with Crippen molar-refractivity contribution >= 4 is 39.6 Å². The smallest absolute Gasteiger partial charge is 0.267 e. The fourth-order valence-corrected chi connectivity index (χ4v) is 6.09. The van der Waals surface area contributed by atoms with E-state index >= 15 is 0 Å². The van der Waals surface area contributed by atoms with E-state index < -0.39 is 0 Å². The maximum absolute atomic E-state index is 13.1. The van der Waals surface area contributed by atoms with Crippen molar-refractivity contribution in [2.45, 2.75) is 64.8 Å². The Morgan fingerprint density at radius 1 is 1.28 bits per heavy atom. The predicted molar refractivity (Wildman–Crippen MR) is 118 cm³/mol.